The van der Waals surface area contributed by atoms with Gasteiger partial charge in [0, 0.05) is 4.60 Å². The first kappa shape index (κ1) is 13.7. The van der Waals surface area contributed by atoms with Gasteiger partial charge in [0.2, 0.25) is 0 Å². The van der Waals surface area contributed by atoms with E-state index in [0.717, 1.165) is 9.08 Å². The molecule has 1 aromatic heterocycles. The number of rotatable bonds is 0. The van der Waals surface area contributed by atoms with Gasteiger partial charge in [-0.15, -0.1) is 15.9 Å². The number of nitrogens with zero attached hydrogens (tertiary/aromatic N) is 1. The van der Waals surface area contributed by atoms with E-state index in [1.165, 1.54) is 0 Å². The smallest absolute Gasteiger partial charge is 1.00 e. The van der Waals surface area contributed by atoms with E-state index in [4.69, 9.17) is 0 Å². The van der Waals surface area contributed by atoms with Gasteiger partial charge in [-0.1, -0.05) is 26.6 Å². The molecule has 10 heavy (non-hydrogen) atoms. The van der Waals surface area contributed by atoms with Crippen molar-refractivity contribution in [1.29, 1.82) is 0 Å². The maximum absolute atomic E-state index is 3.82. The van der Waals surface area contributed by atoms with E-state index in [1.54, 1.807) is 6.07 Å². The molecule has 0 spiro atoms. The Hall–Kier alpha value is 1.17. The number of pyridine rings is 1. The van der Waals surface area contributed by atoms with Crippen molar-refractivity contribution in [3.05, 3.63) is 27.4 Å². The number of halogens is 3. The third-order valence-electron chi connectivity index (χ3n) is 0.664. The van der Waals surface area contributed by atoms with Crippen molar-refractivity contribution < 1.29 is 12.4 Å². The molecule has 50 valence electrons. The minimum absolute atomic E-state index is 0. The minimum Gasteiger partial charge on any atom is -1.00 e. The van der Waals surface area contributed by atoms with Gasteiger partial charge in [-0.2, -0.15) is 12.1 Å². The molecule has 0 saturated heterocycles. The molecule has 0 amide bonds. The normalized spacial score (nSPS) is 7.40. The summed E-state index contributed by atoms with van der Waals surface area (Å²) < 4.78 is 1.75. The molecular weight excluding hydrogens is 294 g/mol. The topological polar surface area (TPSA) is 12.9 Å². The summed E-state index contributed by atoms with van der Waals surface area (Å²) in [5.74, 6) is 0. The van der Waals surface area contributed by atoms with E-state index in [9.17, 15) is 0 Å². The maximum Gasteiger partial charge on any atom is 2.00 e. The predicted molar refractivity (Wildman–Crippen MR) is 44.2 cm³/mol. The van der Waals surface area contributed by atoms with Gasteiger partial charge in [-0.05, 0) is 0 Å². The quantitative estimate of drug-likeness (QED) is 0.341. The van der Waals surface area contributed by atoms with Crippen LogP contribution < -0.4 is 12.4 Å². The molecule has 0 atom stereocenters. The van der Waals surface area contributed by atoms with Gasteiger partial charge in [0.05, 0.1) is 0 Å². The van der Waals surface area contributed by atoms with Crippen LogP contribution in [0.4, 0.5) is 0 Å². The fourth-order valence-corrected chi connectivity index (χ4v) is 0.782. The van der Waals surface area contributed by atoms with E-state index >= 15 is 0 Å². The van der Waals surface area contributed by atoms with E-state index < -0.39 is 0 Å². The Morgan fingerprint density at radius 1 is 1.40 bits per heavy atom. The van der Waals surface area contributed by atoms with Crippen molar-refractivity contribution >= 4 is 54.9 Å². The summed E-state index contributed by atoms with van der Waals surface area (Å²) in [4.78, 5) is 3.82. The molecule has 0 unspecified atom stereocenters. The summed E-state index contributed by atoms with van der Waals surface area (Å²) >= 11 is 6.47. The second-order valence-electron chi connectivity index (χ2n) is 1.21. The van der Waals surface area contributed by atoms with Crippen LogP contribution in [0.5, 0.6) is 0 Å². The summed E-state index contributed by atoms with van der Waals surface area (Å²) in [6.45, 7) is 0. The van der Waals surface area contributed by atoms with Gasteiger partial charge < -0.3 is 17.4 Å². The van der Waals surface area contributed by atoms with Crippen molar-refractivity contribution in [1.82, 2.24) is 4.98 Å². The summed E-state index contributed by atoms with van der Waals surface area (Å²) in [5, 5.41) is 0. The molecule has 1 nitrogen and oxygen atoms in total. The maximum atomic E-state index is 3.82. The predicted octanol–water partition coefficient (Wildman–Crippen LogP) is -0.970. The summed E-state index contributed by atoms with van der Waals surface area (Å²) in [6.07, 6.45) is 2.67. The molecular formula is C5H2Br2ClMgN. The first-order chi connectivity index (χ1) is 3.80. The SMILES string of the molecule is Brc1cc[c-]nc1Br.[Cl-].[Mg+2]. The zero-order chi connectivity index (χ0) is 5.98. The Kier molecular flexibility index (Phi) is 9.41. The molecule has 0 N–H and O–H groups in total. The molecule has 0 fully saturated rings. The monoisotopic (exact) mass is 293 g/mol. The number of hydrogen-bond acceptors (Lipinski definition) is 1. The van der Waals surface area contributed by atoms with E-state index in [1.807, 2.05) is 6.07 Å². The molecule has 1 aromatic rings. The molecule has 0 bridgehead atoms. The van der Waals surface area contributed by atoms with Gasteiger partial charge in [0.1, 0.15) is 0 Å². The Bertz CT molecular complexity index is 176. The summed E-state index contributed by atoms with van der Waals surface area (Å²) in [5.41, 5.74) is 0. The van der Waals surface area contributed by atoms with Crippen LogP contribution in [0.3, 0.4) is 0 Å². The van der Waals surface area contributed by atoms with Gasteiger partial charge in [-0.3, -0.25) is 0 Å². The van der Waals surface area contributed by atoms with Crippen molar-refractivity contribution in [2.24, 2.45) is 0 Å². The Labute approximate surface area is 98.8 Å². The number of aromatic nitrogens is 1. The van der Waals surface area contributed by atoms with Crippen LogP contribution in [-0.2, 0) is 0 Å². The van der Waals surface area contributed by atoms with E-state index in [2.05, 4.69) is 43.0 Å². The fraction of sp³-hybridized carbons (Fsp3) is 0. The Morgan fingerprint density at radius 3 is 2.30 bits per heavy atom. The van der Waals surface area contributed by atoms with Gasteiger partial charge in [-0.25, -0.2) is 0 Å². The van der Waals surface area contributed by atoms with Crippen LogP contribution in [0, 0.1) is 6.20 Å². The largest absolute Gasteiger partial charge is 2.00 e. The zero-order valence-corrected chi connectivity index (χ0v) is 10.3. The molecule has 0 saturated carbocycles. The molecule has 0 aromatic carbocycles. The van der Waals surface area contributed by atoms with Crippen molar-refractivity contribution in [3.63, 3.8) is 0 Å². The van der Waals surface area contributed by atoms with Gasteiger partial charge >= 0.3 is 23.1 Å². The average molecular weight is 296 g/mol. The number of hydrogen-bond donors (Lipinski definition) is 0. The first-order valence-electron chi connectivity index (χ1n) is 1.99. The zero-order valence-electron chi connectivity index (χ0n) is 4.94. The molecule has 0 radical (unpaired) electrons. The van der Waals surface area contributed by atoms with Crippen molar-refractivity contribution in [2.75, 3.05) is 0 Å². The van der Waals surface area contributed by atoms with Crippen LogP contribution in [0.15, 0.2) is 21.2 Å². The van der Waals surface area contributed by atoms with E-state index in [-0.39, 0.29) is 35.5 Å². The molecule has 0 aliphatic carbocycles. The average Bonchev–Trinajstić information content (AvgIpc) is 1.77. The minimum atomic E-state index is 0. The molecule has 0 aliphatic rings. The fourth-order valence-electron chi connectivity index (χ4n) is 0.327. The van der Waals surface area contributed by atoms with Gasteiger partial charge in [0.25, 0.3) is 0 Å². The molecule has 0 aliphatic heterocycles. The van der Waals surface area contributed by atoms with E-state index in [0.29, 0.717) is 0 Å². The third kappa shape index (κ3) is 4.13. The van der Waals surface area contributed by atoms with Crippen LogP contribution in [0.1, 0.15) is 0 Å². The Balaban J connectivity index is 0. The molecule has 5 heteroatoms. The third-order valence-corrected chi connectivity index (χ3v) is 2.44. The molecule has 1 rings (SSSR count). The second-order valence-corrected chi connectivity index (χ2v) is 2.82. The first-order valence-corrected chi connectivity index (χ1v) is 3.57. The Morgan fingerprint density at radius 2 is 2.00 bits per heavy atom. The van der Waals surface area contributed by atoms with Crippen LogP contribution >= 0.6 is 31.9 Å². The summed E-state index contributed by atoms with van der Waals surface area (Å²) in [7, 11) is 0. The van der Waals surface area contributed by atoms with Crippen LogP contribution in [0.2, 0.25) is 0 Å². The van der Waals surface area contributed by atoms with Crippen LogP contribution in [-0.4, -0.2) is 28.0 Å². The van der Waals surface area contributed by atoms with Crippen molar-refractivity contribution in [3.8, 4) is 0 Å². The van der Waals surface area contributed by atoms with Crippen molar-refractivity contribution in [2.45, 2.75) is 0 Å². The summed E-state index contributed by atoms with van der Waals surface area (Å²) in [6, 6.07) is 3.62. The second kappa shape index (κ2) is 6.85. The standard InChI is InChI=1S/C5H2Br2N.ClH.Mg/c6-4-2-1-3-8-5(4)7;;/h1-2H;1H;/q-1;;+2/p-1. The molecule has 1 heterocycles. The van der Waals surface area contributed by atoms with Crippen LogP contribution in [0.25, 0.3) is 0 Å². The van der Waals surface area contributed by atoms with Gasteiger partial charge in [0.15, 0.2) is 0 Å².